The number of nitrogens with zero attached hydrogens (tertiary/aromatic N) is 1. The minimum absolute atomic E-state index is 0.00211. The van der Waals surface area contributed by atoms with Crippen LogP contribution in [0.25, 0.3) is 0 Å². The van der Waals surface area contributed by atoms with E-state index in [1.54, 1.807) is 0 Å². The Morgan fingerprint density at radius 2 is 1.19 bits per heavy atom. The SMILES string of the molecule is Cc1ccccc1N1C(C)CC2OC(COCc3ccccc3)C(OCc3ccccc3)C(OCc3ccccc3)C21. The van der Waals surface area contributed by atoms with E-state index in [2.05, 4.69) is 104 Å². The molecule has 6 atom stereocenters. The molecule has 0 aliphatic carbocycles. The summed E-state index contributed by atoms with van der Waals surface area (Å²) in [4.78, 5) is 2.52. The van der Waals surface area contributed by atoms with E-state index in [0.717, 1.165) is 23.1 Å². The van der Waals surface area contributed by atoms with E-state index in [0.29, 0.717) is 32.5 Å². The summed E-state index contributed by atoms with van der Waals surface area (Å²) in [5, 5.41) is 0. The van der Waals surface area contributed by atoms with Gasteiger partial charge in [-0.25, -0.2) is 0 Å². The lowest BCUT2D eigenvalue weighted by atomic mass is 9.92. The Hall–Kier alpha value is -3.48. The van der Waals surface area contributed by atoms with Crippen molar-refractivity contribution in [2.75, 3.05) is 11.5 Å². The molecule has 2 aliphatic rings. The first-order valence-electron chi connectivity index (χ1n) is 15.1. The Bertz CT molecular complexity index is 1380. The molecule has 2 aliphatic heterocycles. The summed E-state index contributed by atoms with van der Waals surface area (Å²) in [6.45, 7) is 6.43. The molecule has 0 saturated carbocycles. The monoisotopic (exact) mass is 563 g/mol. The predicted molar refractivity (Wildman–Crippen MR) is 166 cm³/mol. The summed E-state index contributed by atoms with van der Waals surface area (Å²) in [6, 6.07) is 40.0. The van der Waals surface area contributed by atoms with Crippen LogP contribution in [0, 0.1) is 6.92 Å². The van der Waals surface area contributed by atoms with E-state index in [4.69, 9.17) is 18.9 Å². The van der Waals surface area contributed by atoms with Gasteiger partial charge in [-0.2, -0.15) is 0 Å². The number of anilines is 1. The molecule has 2 heterocycles. The second kappa shape index (κ2) is 13.7. The molecule has 0 radical (unpaired) electrons. The lowest BCUT2D eigenvalue weighted by molar-refractivity contribution is -0.222. The maximum atomic E-state index is 6.92. The van der Waals surface area contributed by atoms with Gasteiger partial charge in [-0.1, -0.05) is 109 Å². The highest BCUT2D eigenvalue weighted by molar-refractivity contribution is 5.56. The van der Waals surface area contributed by atoms with Gasteiger partial charge in [0.15, 0.2) is 0 Å². The number of aryl methyl sites for hydroxylation is 1. The minimum atomic E-state index is -0.317. The number of para-hydroxylation sites is 1. The molecule has 0 bridgehead atoms. The Labute approximate surface area is 250 Å². The second-order valence-electron chi connectivity index (χ2n) is 11.5. The van der Waals surface area contributed by atoms with Crippen LogP contribution in [0.1, 0.15) is 35.6 Å². The summed E-state index contributed by atoms with van der Waals surface area (Å²) in [6.07, 6.45) is 0.126. The molecule has 4 aromatic carbocycles. The Morgan fingerprint density at radius 1 is 0.667 bits per heavy atom. The van der Waals surface area contributed by atoms with Gasteiger partial charge in [0.05, 0.1) is 38.6 Å². The van der Waals surface area contributed by atoms with Gasteiger partial charge in [0, 0.05) is 11.7 Å². The summed E-state index contributed by atoms with van der Waals surface area (Å²) in [5.74, 6) is 0. The number of fused-ring (bicyclic) bond motifs is 1. The summed E-state index contributed by atoms with van der Waals surface area (Å²) < 4.78 is 26.9. The number of hydrogen-bond acceptors (Lipinski definition) is 5. The van der Waals surface area contributed by atoms with Crippen LogP contribution >= 0.6 is 0 Å². The molecule has 5 nitrogen and oxygen atoms in total. The van der Waals surface area contributed by atoms with Crippen LogP contribution in [0.3, 0.4) is 0 Å². The van der Waals surface area contributed by atoms with Crippen LogP contribution in [0.15, 0.2) is 115 Å². The molecule has 218 valence electrons. The molecular formula is C37H41NO4. The molecule has 6 unspecified atom stereocenters. The molecule has 42 heavy (non-hydrogen) atoms. The number of rotatable bonds is 11. The van der Waals surface area contributed by atoms with Gasteiger partial charge < -0.3 is 23.8 Å². The van der Waals surface area contributed by atoms with Gasteiger partial charge in [0.25, 0.3) is 0 Å². The highest BCUT2D eigenvalue weighted by Gasteiger charge is 2.54. The fourth-order valence-electron chi connectivity index (χ4n) is 6.46. The van der Waals surface area contributed by atoms with Gasteiger partial charge >= 0.3 is 0 Å². The molecule has 0 aromatic heterocycles. The normalized spacial score (nSPS) is 25.3. The van der Waals surface area contributed by atoms with Crippen molar-refractivity contribution in [3.8, 4) is 0 Å². The van der Waals surface area contributed by atoms with Crippen LogP contribution in [0.4, 0.5) is 5.69 Å². The zero-order valence-electron chi connectivity index (χ0n) is 24.5. The van der Waals surface area contributed by atoms with E-state index >= 15 is 0 Å². The van der Waals surface area contributed by atoms with Crippen molar-refractivity contribution in [1.82, 2.24) is 0 Å². The maximum absolute atomic E-state index is 6.92. The topological polar surface area (TPSA) is 40.2 Å². The van der Waals surface area contributed by atoms with Crippen LogP contribution in [0.2, 0.25) is 0 Å². The molecule has 0 spiro atoms. The van der Waals surface area contributed by atoms with Crippen LogP contribution in [-0.4, -0.2) is 43.1 Å². The third kappa shape index (κ3) is 6.61. The second-order valence-corrected chi connectivity index (χ2v) is 11.5. The smallest absolute Gasteiger partial charge is 0.115 e. The number of ether oxygens (including phenoxy) is 4. The number of hydrogen-bond donors (Lipinski definition) is 0. The fraction of sp³-hybridized carbons (Fsp3) is 0.351. The zero-order valence-corrected chi connectivity index (χ0v) is 24.5. The third-order valence-electron chi connectivity index (χ3n) is 8.48. The quantitative estimate of drug-likeness (QED) is 0.194. The molecule has 4 aromatic rings. The zero-order chi connectivity index (χ0) is 28.7. The van der Waals surface area contributed by atoms with Gasteiger partial charge in [-0.05, 0) is 48.6 Å². The maximum Gasteiger partial charge on any atom is 0.115 e. The van der Waals surface area contributed by atoms with Crippen molar-refractivity contribution in [1.29, 1.82) is 0 Å². The Kier molecular flexibility index (Phi) is 9.31. The number of benzene rings is 4. The lowest BCUT2D eigenvalue weighted by Gasteiger charge is -2.47. The highest BCUT2D eigenvalue weighted by atomic mass is 16.6. The summed E-state index contributed by atoms with van der Waals surface area (Å²) in [7, 11) is 0. The average Bonchev–Trinajstić information content (AvgIpc) is 3.36. The van der Waals surface area contributed by atoms with E-state index < -0.39 is 0 Å². The molecule has 2 fully saturated rings. The first-order chi connectivity index (χ1) is 20.7. The minimum Gasteiger partial charge on any atom is -0.374 e. The molecule has 6 rings (SSSR count). The van der Waals surface area contributed by atoms with E-state index in [-0.39, 0.29) is 30.5 Å². The van der Waals surface area contributed by atoms with Crippen molar-refractivity contribution in [2.24, 2.45) is 0 Å². The van der Waals surface area contributed by atoms with Gasteiger partial charge in [-0.3, -0.25) is 0 Å². The molecule has 2 saturated heterocycles. The van der Waals surface area contributed by atoms with Crippen LogP contribution in [0.5, 0.6) is 0 Å². The first-order valence-corrected chi connectivity index (χ1v) is 15.1. The van der Waals surface area contributed by atoms with Crippen molar-refractivity contribution in [3.05, 3.63) is 138 Å². The van der Waals surface area contributed by atoms with E-state index in [1.165, 1.54) is 11.3 Å². The summed E-state index contributed by atoms with van der Waals surface area (Å²) >= 11 is 0. The molecule has 0 amide bonds. The predicted octanol–water partition coefficient (Wildman–Crippen LogP) is 7.12. The third-order valence-corrected chi connectivity index (χ3v) is 8.48. The van der Waals surface area contributed by atoms with Gasteiger partial charge in [-0.15, -0.1) is 0 Å². The average molecular weight is 564 g/mol. The largest absolute Gasteiger partial charge is 0.374 e. The molecule has 5 heteroatoms. The summed E-state index contributed by atoms with van der Waals surface area (Å²) in [5.41, 5.74) is 5.90. The van der Waals surface area contributed by atoms with Gasteiger partial charge in [0.2, 0.25) is 0 Å². The lowest BCUT2D eigenvalue weighted by Crippen LogP contribution is -2.63. The van der Waals surface area contributed by atoms with Crippen molar-refractivity contribution >= 4 is 5.69 Å². The Morgan fingerprint density at radius 3 is 1.79 bits per heavy atom. The van der Waals surface area contributed by atoms with Crippen molar-refractivity contribution in [3.63, 3.8) is 0 Å². The van der Waals surface area contributed by atoms with Gasteiger partial charge in [0.1, 0.15) is 18.3 Å². The first kappa shape index (κ1) is 28.6. The van der Waals surface area contributed by atoms with E-state index in [9.17, 15) is 0 Å². The molecule has 0 N–H and O–H groups in total. The van der Waals surface area contributed by atoms with Crippen LogP contribution < -0.4 is 4.90 Å². The van der Waals surface area contributed by atoms with Crippen LogP contribution in [-0.2, 0) is 38.8 Å². The highest BCUT2D eigenvalue weighted by Crippen LogP contribution is 2.42. The van der Waals surface area contributed by atoms with E-state index in [1.807, 2.05) is 30.3 Å². The standard InChI is InChI=1S/C37H41NO4/c1-27-14-12-13-21-32(27)38-28(2)22-33-35(38)37(41-25-31-19-10-5-11-20-31)36(40-24-30-17-8-4-9-18-30)34(42-33)26-39-23-29-15-6-3-7-16-29/h3-21,28,33-37H,22-26H2,1-2H3. The van der Waals surface area contributed by atoms with Crippen molar-refractivity contribution < 1.29 is 18.9 Å². The Balaban J connectivity index is 1.31. The fourth-order valence-corrected chi connectivity index (χ4v) is 6.46. The molecular weight excluding hydrogens is 522 g/mol. The van der Waals surface area contributed by atoms with Crippen molar-refractivity contribution in [2.45, 2.75) is 76.6 Å².